The quantitative estimate of drug-likeness (QED) is 0.689. The molecule has 1 aromatic carbocycles. The van der Waals surface area contributed by atoms with Crippen LogP contribution >= 0.6 is 0 Å². The molecule has 82 valence electrons. The highest BCUT2D eigenvalue weighted by Gasteiger charge is 2.30. The van der Waals surface area contributed by atoms with Gasteiger partial charge >= 0.3 is 0 Å². The summed E-state index contributed by atoms with van der Waals surface area (Å²) < 4.78 is 13.2. The number of nitrogens with one attached hydrogen (secondary N) is 1. The van der Waals surface area contributed by atoms with Gasteiger partial charge in [-0.05, 0) is 28.7 Å². The summed E-state index contributed by atoms with van der Waals surface area (Å²) in [6.45, 7) is 8.43. The van der Waals surface area contributed by atoms with Gasteiger partial charge in [-0.15, -0.1) is 0 Å². The molecule has 0 amide bonds. The minimum Gasteiger partial charge on any atom is -0.312 e. The molecule has 1 N–H and O–H groups in total. The molecule has 0 saturated carbocycles. The van der Waals surface area contributed by atoms with Crippen molar-refractivity contribution in [2.45, 2.75) is 33.2 Å². The van der Waals surface area contributed by atoms with Crippen LogP contribution in [0.25, 0.3) is 0 Å². The minimum absolute atomic E-state index is 0.120. The second kappa shape index (κ2) is 3.60. The Bertz CT molecular complexity index is 365. The smallest absolute Gasteiger partial charge is 0.123 e. The molecule has 1 aliphatic rings. The maximum atomic E-state index is 13.2. The lowest BCUT2D eigenvalue weighted by Gasteiger charge is -2.36. The predicted molar refractivity (Wildman–Crippen MR) is 60.3 cm³/mol. The number of benzene rings is 1. The van der Waals surface area contributed by atoms with E-state index >= 15 is 0 Å². The van der Waals surface area contributed by atoms with E-state index in [1.807, 2.05) is 6.07 Å². The van der Waals surface area contributed by atoms with Gasteiger partial charge in [0, 0.05) is 19.0 Å². The van der Waals surface area contributed by atoms with Crippen LogP contribution in [0.1, 0.15) is 37.8 Å². The average molecular weight is 207 g/mol. The zero-order chi connectivity index (χ0) is 11.1. The Balaban J connectivity index is 2.45. The van der Waals surface area contributed by atoms with Crippen molar-refractivity contribution in [2.75, 3.05) is 6.54 Å². The van der Waals surface area contributed by atoms with E-state index in [0.717, 1.165) is 13.1 Å². The molecule has 2 rings (SSSR count). The molecule has 0 aliphatic carbocycles. The molecular formula is C13H18FN. The zero-order valence-electron chi connectivity index (χ0n) is 9.60. The van der Waals surface area contributed by atoms with Crippen molar-refractivity contribution < 1.29 is 4.39 Å². The highest BCUT2D eigenvalue weighted by Crippen LogP contribution is 2.38. The molecule has 0 aromatic heterocycles. The fraction of sp³-hybridized carbons (Fsp3) is 0.538. The molecule has 0 spiro atoms. The summed E-state index contributed by atoms with van der Waals surface area (Å²) in [6.07, 6.45) is 0. The number of hydrogen-bond donors (Lipinski definition) is 1. The summed E-state index contributed by atoms with van der Waals surface area (Å²) in [7, 11) is 0. The molecule has 1 heterocycles. The predicted octanol–water partition coefficient (Wildman–Crippen LogP) is 3.06. The van der Waals surface area contributed by atoms with Gasteiger partial charge in [0.1, 0.15) is 5.82 Å². The van der Waals surface area contributed by atoms with Crippen LogP contribution in [0.15, 0.2) is 18.2 Å². The van der Waals surface area contributed by atoms with Crippen molar-refractivity contribution in [1.29, 1.82) is 0 Å². The van der Waals surface area contributed by atoms with Crippen molar-refractivity contribution in [1.82, 2.24) is 5.32 Å². The van der Waals surface area contributed by atoms with Crippen LogP contribution in [0.2, 0.25) is 0 Å². The number of fused-ring (bicyclic) bond motifs is 1. The Kier molecular flexibility index (Phi) is 2.55. The molecule has 1 nitrogen and oxygen atoms in total. The molecule has 2 heteroatoms. The van der Waals surface area contributed by atoms with E-state index < -0.39 is 0 Å². The van der Waals surface area contributed by atoms with Gasteiger partial charge < -0.3 is 5.32 Å². The molecule has 1 aliphatic heterocycles. The summed E-state index contributed by atoms with van der Waals surface area (Å²) >= 11 is 0. The first-order valence-electron chi connectivity index (χ1n) is 5.47. The van der Waals surface area contributed by atoms with E-state index in [1.165, 1.54) is 11.1 Å². The van der Waals surface area contributed by atoms with E-state index in [-0.39, 0.29) is 11.2 Å². The lowest BCUT2D eigenvalue weighted by Crippen LogP contribution is -2.35. The van der Waals surface area contributed by atoms with Crippen molar-refractivity contribution in [2.24, 2.45) is 5.41 Å². The van der Waals surface area contributed by atoms with Crippen molar-refractivity contribution >= 4 is 0 Å². The van der Waals surface area contributed by atoms with Gasteiger partial charge in [-0.1, -0.05) is 26.8 Å². The molecular weight excluding hydrogens is 189 g/mol. The van der Waals surface area contributed by atoms with Gasteiger partial charge in [-0.2, -0.15) is 0 Å². The molecule has 0 fully saturated rings. The number of rotatable bonds is 0. The maximum absolute atomic E-state index is 13.2. The van der Waals surface area contributed by atoms with Gasteiger partial charge in [0.05, 0.1) is 0 Å². The Labute approximate surface area is 90.7 Å². The van der Waals surface area contributed by atoms with Crippen molar-refractivity contribution in [3.8, 4) is 0 Å². The van der Waals surface area contributed by atoms with Gasteiger partial charge in [0.15, 0.2) is 0 Å². The summed E-state index contributed by atoms with van der Waals surface area (Å²) in [6, 6.07) is 5.15. The van der Waals surface area contributed by atoms with Crippen LogP contribution in [0.5, 0.6) is 0 Å². The molecule has 0 radical (unpaired) electrons. The summed E-state index contributed by atoms with van der Waals surface area (Å²) in [5, 5.41) is 3.39. The fourth-order valence-electron chi connectivity index (χ4n) is 2.28. The van der Waals surface area contributed by atoms with E-state index in [1.54, 1.807) is 12.1 Å². The SMILES string of the molecule is CC(C)(C)C1CNCc2ccc(F)cc21. The van der Waals surface area contributed by atoms with Crippen molar-refractivity contribution in [3.05, 3.63) is 35.1 Å². The summed E-state index contributed by atoms with van der Waals surface area (Å²) in [5.41, 5.74) is 2.60. The summed E-state index contributed by atoms with van der Waals surface area (Å²) in [4.78, 5) is 0. The first-order valence-corrected chi connectivity index (χ1v) is 5.47. The second-order valence-electron chi connectivity index (χ2n) is 5.39. The maximum Gasteiger partial charge on any atom is 0.123 e. The topological polar surface area (TPSA) is 12.0 Å². The molecule has 1 atom stereocenters. The first-order chi connectivity index (χ1) is 6.98. The molecule has 1 unspecified atom stereocenters. The third kappa shape index (κ3) is 2.05. The minimum atomic E-state index is -0.120. The van der Waals surface area contributed by atoms with Gasteiger partial charge in [-0.25, -0.2) is 4.39 Å². The highest BCUT2D eigenvalue weighted by molar-refractivity contribution is 5.34. The lowest BCUT2D eigenvalue weighted by molar-refractivity contribution is 0.295. The Morgan fingerprint density at radius 1 is 1.33 bits per heavy atom. The Hall–Kier alpha value is -0.890. The lowest BCUT2D eigenvalue weighted by atomic mass is 9.73. The Morgan fingerprint density at radius 2 is 2.07 bits per heavy atom. The third-order valence-corrected chi connectivity index (χ3v) is 3.19. The van der Waals surface area contributed by atoms with Gasteiger partial charge in [-0.3, -0.25) is 0 Å². The Morgan fingerprint density at radius 3 is 2.73 bits per heavy atom. The standard InChI is InChI=1S/C13H18FN/c1-13(2,3)12-8-15-7-9-4-5-10(14)6-11(9)12/h4-6,12,15H,7-8H2,1-3H3. The zero-order valence-corrected chi connectivity index (χ0v) is 9.60. The van der Waals surface area contributed by atoms with Crippen LogP contribution in [0.4, 0.5) is 4.39 Å². The monoisotopic (exact) mass is 207 g/mol. The van der Waals surface area contributed by atoms with E-state index in [0.29, 0.717) is 5.92 Å². The van der Waals surface area contributed by atoms with Crippen LogP contribution in [0.3, 0.4) is 0 Å². The average Bonchev–Trinajstić information content (AvgIpc) is 2.15. The van der Waals surface area contributed by atoms with Crippen molar-refractivity contribution in [3.63, 3.8) is 0 Å². The normalized spacial score (nSPS) is 21.2. The second-order valence-corrected chi connectivity index (χ2v) is 5.39. The largest absolute Gasteiger partial charge is 0.312 e. The van der Waals surface area contributed by atoms with E-state index in [4.69, 9.17) is 0 Å². The van der Waals surface area contributed by atoms with Crippen LogP contribution in [-0.4, -0.2) is 6.54 Å². The molecule has 15 heavy (non-hydrogen) atoms. The van der Waals surface area contributed by atoms with E-state index in [9.17, 15) is 4.39 Å². The summed E-state index contributed by atoms with van der Waals surface area (Å²) in [5.74, 6) is 0.279. The number of hydrogen-bond acceptors (Lipinski definition) is 1. The van der Waals surface area contributed by atoms with Crippen LogP contribution in [-0.2, 0) is 6.54 Å². The fourth-order valence-corrected chi connectivity index (χ4v) is 2.28. The molecule has 0 saturated heterocycles. The molecule has 1 aromatic rings. The third-order valence-electron chi connectivity index (χ3n) is 3.19. The van der Waals surface area contributed by atoms with E-state index in [2.05, 4.69) is 26.1 Å². The van der Waals surface area contributed by atoms with Crippen LogP contribution in [0, 0.1) is 11.2 Å². The first kappa shape index (κ1) is 10.6. The van der Waals surface area contributed by atoms with Crippen LogP contribution < -0.4 is 5.32 Å². The van der Waals surface area contributed by atoms with Gasteiger partial charge in [0.2, 0.25) is 0 Å². The van der Waals surface area contributed by atoms with Gasteiger partial charge in [0.25, 0.3) is 0 Å². The number of halogens is 1. The molecule has 0 bridgehead atoms. The highest BCUT2D eigenvalue weighted by atomic mass is 19.1.